The minimum atomic E-state index is -1.61. The molecule has 0 aliphatic heterocycles. The van der Waals surface area contributed by atoms with E-state index in [0.717, 1.165) is 0 Å². The third kappa shape index (κ3) is 10.7. The van der Waals surface area contributed by atoms with Crippen LogP contribution in [0.2, 0.25) is 0 Å². The van der Waals surface area contributed by atoms with Gasteiger partial charge in [-0.25, -0.2) is 4.79 Å². The lowest BCUT2D eigenvalue weighted by Crippen LogP contribution is -2.53. The van der Waals surface area contributed by atoms with E-state index in [9.17, 15) is 19.2 Å². The highest BCUT2D eigenvalue weighted by Gasteiger charge is 2.38. The van der Waals surface area contributed by atoms with Gasteiger partial charge in [0.1, 0.15) is 17.4 Å². The van der Waals surface area contributed by atoms with E-state index in [1.54, 1.807) is 43.3 Å². The van der Waals surface area contributed by atoms with Gasteiger partial charge in [0.15, 0.2) is 11.5 Å². The predicted octanol–water partition coefficient (Wildman–Crippen LogP) is 5.00. The van der Waals surface area contributed by atoms with E-state index in [1.807, 2.05) is 27.7 Å². The van der Waals surface area contributed by atoms with Crippen LogP contribution in [-0.2, 0) is 30.3 Å². The van der Waals surface area contributed by atoms with E-state index in [-0.39, 0.29) is 49.0 Å². The van der Waals surface area contributed by atoms with E-state index < -0.39 is 35.7 Å². The zero-order chi connectivity index (χ0) is 29.9. The fraction of sp³-hybridized carbons (Fsp3) is 0.467. The number of esters is 3. The largest absolute Gasteiger partial charge is 0.514 e. The van der Waals surface area contributed by atoms with Crippen LogP contribution < -0.4 is 19.9 Å². The Hall–Kier alpha value is -3.92. The van der Waals surface area contributed by atoms with Crippen LogP contribution in [0.1, 0.15) is 59.4 Å². The molecule has 10 nitrogen and oxygen atoms in total. The van der Waals surface area contributed by atoms with Crippen molar-refractivity contribution < 1.29 is 42.9 Å². The van der Waals surface area contributed by atoms with Gasteiger partial charge in [-0.2, -0.15) is 0 Å². The van der Waals surface area contributed by atoms with Gasteiger partial charge in [0.05, 0.1) is 7.11 Å². The highest BCUT2D eigenvalue weighted by molar-refractivity contribution is 5.81. The molecule has 2 N–H and O–H groups in total. The molecule has 0 saturated heterocycles. The Morgan fingerprint density at radius 2 is 1.38 bits per heavy atom. The number of carbonyl (C=O) groups is 4. The van der Waals surface area contributed by atoms with Gasteiger partial charge in [0, 0.05) is 25.7 Å². The number of hydrogen-bond acceptors (Lipinski definition) is 10. The predicted molar refractivity (Wildman–Crippen MR) is 147 cm³/mol. The molecular weight excluding hydrogens is 518 g/mol. The average Bonchev–Trinajstić information content (AvgIpc) is 2.84. The Morgan fingerprint density at radius 3 is 1.93 bits per heavy atom. The summed E-state index contributed by atoms with van der Waals surface area (Å²) in [5.41, 5.74) is 5.39. The number of para-hydroxylation sites is 1. The van der Waals surface area contributed by atoms with Crippen LogP contribution in [0.5, 0.6) is 17.2 Å². The van der Waals surface area contributed by atoms with Crippen molar-refractivity contribution in [2.24, 2.45) is 17.6 Å². The summed E-state index contributed by atoms with van der Waals surface area (Å²) in [7, 11) is 1.20. The number of benzene rings is 2. The van der Waals surface area contributed by atoms with E-state index in [1.165, 1.54) is 19.2 Å². The summed E-state index contributed by atoms with van der Waals surface area (Å²) < 4.78 is 26.4. The summed E-state index contributed by atoms with van der Waals surface area (Å²) in [6, 6.07) is 13.0. The minimum Gasteiger partial charge on any atom is -0.468 e. The molecular formula is C30H39NO9. The molecule has 0 radical (unpaired) electrons. The van der Waals surface area contributed by atoms with Gasteiger partial charge >= 0.3 is 24.1 Å². The van der Waals surface area contributed by atoms with Gasteiger partial charge in [-0.05, 0) is 48.6 Å². The number of ether oxygens (including phenoxy) is 5. The van der Waals surface area contributed by atoms with Crippen molar-refractivity contribution in [3.05, 3.63) is 54.1 Å². The van der Waals surface area contributed by atoms with Gasteiger partial charge in [-0.1, -0.05) is 52.0 Å². The second-order valence-corrected chi connectivity index (χ2v) is 10.5. The summed E-state index contributed by atoms with van der Waals surface area (Å²) in [5.74, 6) is -1.17. The summed E-state index contributed by atoms with van der Waals surface area (Å²) in [6.07, 6.45) is -1.59. The first-order valence-electron chi connectivity index (χ1n) is 13.2. The van der Waals surface area contributed by atoms with Gasteiger partial charge in [0.2, 0.25) is 0 Å². The van der Waals surface area contributed by atoms with E-state index in [2.05, 4.69) is 0 Å². The number of carbonyl (C=O) groups excluding carboxylic acids is 4. The maximum atomic E-state index is 12.8. The average molecular weight is 558 g/mol. The second-order valence-electron chi connectivity index (χ2n) is 10.5. The zero-order valence-corrected chi connectivity index (χ0v) is 23.9. The van der Waals surface area contributed by atoms with Crippen molar-refractivity contribution >= 4 is 24.1 Å². The zero-order valence-electron chi connectivity index (χ0n) is 23.9. The van der Waals surface area contributed by atoms with Crippen LogP contribution in [0, 0.1) is 11.8 Å². The van der Waals surface area contributed by atoms with E-state index >= 15 is 0 Å². The van der Waals surface area contributed by atoms with Crippen molar-refractivity contribution in [3.8, 4) is 17.2 Å². The van der Waals surface area contributed by atoms with Crippen molar-refractivity contribution in [2.75, 3.05) is 7.11 Å². The lowest BCUT2D eigenvalue weighted by Gasteiger charge is -2.29. The smallest absolute Gasteiger partial charge is 0.468 e. The normalized spacial score (nSPS) is 13.2. The van der Waals surface area contributed by atoms with Crippen LogP contribution in [0.4, 0.5) is 4.79 Å². The molecule has 2 aromatic rings. The molecule has 0 aliphatic carbocycles. The van der Waals surface area contributed by atoms with Crippen LogP contribution >= 0.6 is 0 Å². The second kappa shape index (κ2) is 15.0. The molecule has 218 valence electrons. The third-order valence-corrected chi connectivity index (χ3v) is 5.61. The Labute approximate surface area is 235 Å². The van der Waals surface area contributed by atoms with Gasteiger partial charge < -0.3 is 29.4 Å². The Kier molecular flexibility index (Phi) is 12.1. The van der Waals surface area contributed by atoms with E-state index in [4.69, 9.17) is 29.4 Å². The summed E-state index contributed by atoms with van der Waals surface area (Å²) in [4.78, 5) is 49.8. The van der Waals surface area contributed by atoms with Crippen molar-refractivity contribution in [1.82, 2.24) is 0 Å². The Morgan fingerprint density at radius 1 is 0.800 bits per heavy atom. The lowest BCUT2D eigenvalue weighted by atomic mass is 9.86. The highest BCUT2D eigenvalue weighted by Crippen LogP contribution is 2.32. The quantitative estimate of drug-likeness (QED) is 0.203. The van der Waals surface area contributed by atoms with E-state index in [0.29, 0.717) is 11.3 Å². The first kappa shape index (κ1) is 32.3. The number of hydrogen-bond donors (Lipinski definition) is 1. The third-order valence-electron chi connectivity index (χ3n) is 5.61. The standard InChI is InChI=1S/C30H39NO9/c1-19(2)14-26(32)39-24-13-12-22(16-25(24)40-27(33)15-20(3)4)18-30(31,28(34)36-6)17-21(5)37-29(35)38-23-10-8-7-9-11-23/h7-13,16,19-21H,14-15,17-18,31H2,1-6H3/t21-,30?/m0/s1. The molecule has 0 amide bonds. The van der Waals surface area contributed by atoms with Gasteiger partial charge in [0.25, 0.3) is 0 Å². The molecule has 0 aromatic heterocycles. The maximum Gasteiger partial charge on any atom is 0.514 e. The molecule has 0 saturated carbocycles. The molecule has 40 heavy (non-hydrogen) atoms. The fourth-order valence-electron chi connectivity index (χ4n) is 3.94. The summed E-state index contributed by atoms with van der Waals surface area (Å²) >= 11 is 0. The summed E-state index contributed by atoms with van der Waals surface area (Å²) in [6.45, 7) is 9.09. The Bertz CT molecular complexity index is 1160. The van der Waals surface area contributed by atoms with Crippen LogP contribution in [0.25, 0.3) is 0 Å². The molecule has 0 fully saturated rings. The molecule has 1 unspecified atom stereocenters. The first-order valence-corrected chi connectivity index (χ1v) is 13.2. The highest BCUT2D eigenvalue weighted by atomic mass is 16.7. The number of nitrogens with two attached hydrogens (primary N) is 1. The van der Waals surface area contributed by atoms with Crippen molar-refractivity contribution in [3.63, 3.8) is 0 Å². The molecule has 0 bridgehead atoms. The van der Waals surface area contributed by atoms with Crippen molar-refractivity contribution in [1.29, 1.82) is 0 Å². The molecule has 2 atom stereocenters. The first-order chi connectivity index (χ1) is 18.8. The monoisotopic (exact) mass is 557 g/mol. The lowest BCUT2D eigenvalue weighted by molar-refractivity contribution is -0.148. The van der Waals surface area contributed by atoms with Crippen molar-refractivity contribution in [2.45, 2.75) is 71.9 Å². The number of rotatable bonds is 13. The van der Waals surface area contributed by atoms with Gasteiger partial charge in [-0.15, -0.1) is 0 Å². The van der Waals surface area contributed by atoms with Crippen LogP contribution in [0.3, 0.4) is 0 Å². The van der Waals surface area contributed by atoms with Gasteiger partial charge in [-0.3, -0.25) is 14.4 Å². The number of methoxy groups -OCH3 is 1. The molecule has 2 aromatic carbocycles. The molecule has 0 spiro atoms. The SMILES string of the molecule is COC(=O)C(N)(Cc1ccc(OC(=O)CC(C)C)c(OC(=O)CC(C)C)c1)C[C@H](C)OC(=O)Oc1ccccc1. The molecule has 10 heteroatoms. The molecule has 2 rings (SSSR count). The topological polar surface area (TPSA) is 140 Å². The minimum absolute atomic E-state index is 0.0307. The Balaban J connectivity index is 2.25. The van der Waals surface area contributed by atoms with Crippen LogP contribution in [0.15, 0.2) is 48.5 Å². The fourth-order valence-corrected chi connectivity index (χ4v) is 3.94. The summed E-state index contributed by atoms with van der Waals surface area (Å²) in [5, 5.41) is 0. The molecule has 0 heterocycles. The van der Waals surface area contributed by atoms with Crippen LogP contribution in [-0.4, -0.2) is 42.8 Å². The maximum absolute atomic E-state index is 12.8. The molecule has 0 aliphatic rings.